The highest BCUT2D eigenvalue weighted by Gasteiger charge is 2.31. The van der Waals surface area contributed by atoms with Crippen molar-refractivity contribution in [1.82, 2.24) is 4.90 Å². The summed E-state index contributed by atoms with van der Waals surface area (Å²) in [6, 6.07) is 2.23. The molecule has 3 rings (SSSR count). The van der Waals surface area contributed by atoms with Gasteiger partial charge in [0.15, 0.2) is 0 Å². The van der Waals surface area contributed by atoms with Crippen LogP contribution in [0, 0.1) is 5.92 Å². The first-order valence-electron chi connectivity index (χ1n) is 6.65. The first-order chi connectivity index (χ1) is 8.34. The summed E-state index contributed by atoms with van der Waals surface area (Å²) in [4.78, 5) is 14.2. The number of thiophene rings is 1. The van der Waals surface area contributed by atoms with Gasteiger partial charge in [0.1, 0.15) is 0 Å². The number of likely N-dealkylation sites (tertiary alicyclic amines) is 1. The molecule has 2 heterocycles. The SMILES string of the molecule is O=C(C1CCC1)N1CCC(c2ccsc2)CC1. The maximum Gasteiger partial charge on any atom is 0.225 e. The molecule has 0 bridgehead atoms. The number of amides is 1. The van der Waals surface area contributed by atoms with Crippen LogP contribution < -0.4 is 0 Å². The molecule has 17 heavy (non-hydrogen) atoms. The van der Waals surface area contributed by atoms with E-state index in [2.05, 4.69) is 21.7 Å². The van der Waals surface area contributed by atoms with E-state index in [0.717, 1.165) is 38.8 Å². The molecule has 1 saturated heterocycles. The quantitative estimate of drug-likeness (QED) is 0.788. The molecule has 92 valence electrons. The molecule has 3 heteroatoms. The maximum absolute atomic E-state index is 12.1. The molecule has 2 nitrogen and oxygen atoms in total. The van der Waals surface area contributed by atoms with Crippen molar-refractivity contribution in [3.8, 4) is 0 Å². The second kappa shape index (κ2) is 4.81. The number of hydrogen-bond donors (Lipinski definition) is 0. The molecule has 0 spiro atoms. The minimum absolute atomic E-state index is 0.368. The minimum atomic E-state index is 0.368. The lowest BCUT2D eigenvalue weighted by molar-refractivity contribution is -0.139. The van der Waals surface area contributed by atoms with Crippen LogP contribution in [0.25, 0.3) is 0 Å². The van der Waals surface area contributed by atoms with E-state index >= 15 is 0 Å². The van der Waals surface area contributed by atoms with Gasteiger partial charge in [-0.25, -0.2) is 0 Å². The lowest BCUT2D eigenvalue weighted by Gasteiger charge is -2.36. The predicted octanol–water partition coefficient (Wildman–Crippen LogP) is 3.25. The van der Waals surface area contributed by atoms with E-state index in [1.807, 2.05) is 0 Å². The van der Waals surface area contributed by atoms with Crippen LogP contribution in [0.15, 0.2) is 16.8 Å². The normalized spacial score (nSPS) is 22.5. The van der Waals surface area contributed by atoms with Crippen LogP contribution in [-0.4, -0.2) is 23.9 Å². The molecule has 1 saturated carbocycles. The summed E-state index contributed by atoms with van der Waals surface area (Å²) in [7, 11) is 0. The van der Waals surface area contributed by atoms with Crippen molar-refractivity contribution >= 4 is 17.2 Å². The van der Waals surface area contributed by atoms with Crippen LogP contribution in [0.4, 0.5) is 0 Å². The van der Waals surface area contributed by atoms with Crippen LogP contribution in [0.5, 0.6) is 0 Å². The summed E-state index contributed by atoms with van der Waals surface area (Å²) < 4.78 is 0. The molecule has 0 atom stereocenters. The van der Waals surface area contributed by atoms with Crippen LogP contribution >= 0.6 is 11.3 Å². The number of hydrogen-bond acceptors (Lipinski definition) is 2. The summed E-state index contributed by atoms with van der Waals surface area (Å²) in [5.74, 6) is 1.49. The highest BCUT2D eigenvalue weighted by atomic mass is 32.1. The second-order valence-electron chi connectivity index (χ2n) is 5.28. The van der Waals surface area contributed by atoms with Crippen molar-refractivity contribution in [3.63, 3.8) is 0 Å². The highest BCUT2D eigenvalue weighted by molar-refractivity contribution is 7.07. The van der Waals surface area contributed by atoms with Gasteiger partial charge in [0.2, 0.25) is 5.91 Å². The molecule has 0 aromatic carbocycles. The number of piperidine rings is 1. The molecule has 1 aliphatic carbocycles. The van der Waals surface area contributed by atoms with Gasteiger partial charge in [-0.3, -0.25) is 4.79 Å². The molecule has 1 aliphatic heterocycles. The van der Waals surface area contributed by atoms with Crippen LogP contribution in [0.3, 0.4) is 0 Å². The Labute approximate surface area is 107 Å². The Kier molecular flexibility index (Phi) is 3.19. The standard InChI is InChI=1S/C14H19NOS/c16-14(12-2-1-3-12)15-7-4-11(5-8-15)13-6-9-17-10-13/h6,9-12H,1-5,7-8H2. The summed E-state index contributed by atoms with van der Waals surface area (Å²) >= 11 is 1.78. The Morgan fingerprint density at radius 2 is 2.00 bits per heavy atom. The third-order valence-electron chi connectivity index (χ3n) is 4.28. The second-order valence-corrected chi connectivity index (χ2v) is 6.06. The number of rotatable bonds is 2. The first-order valence-corrected chi connectivity index (χ1v) is 7.60. The highest BCUT2D eigenvalue weighted by Crippen LogP contribution is 2.33. The lowest BCUT2D eigenvalue weighted by atomic mass is 9.83. The molecule has 2 fully saturated rings. The summed E-state index contributed by atoms with van der Waals surface area (Å²) in [6.07, 6.45) is 5.80. The number of carbonyl (C=O) groups excluding carboxylic acids is 1. The Bertz CT molecular complexity index is 375. The van der Waals surface area contributed by atoms with Crippen molar-refractivity contribution in [3.05, 3.63) is 22.4 Å². The largest absolute Gasteiger partial charge is 0.342 e. The van der Waals surface area contributed by atoms with E-state index in [4.69, 9.17) is 0 Å². The average Bonchev–Trinajstić information content (AvgIpc) is 2.80. The fraction of sp³-hybridized carbons (Fsp3) is 0.643. The molecule has 1 aromatic heterocycles. The Morgan fingerprint density at radius 1 is 1.24 bits per heavy atom. The van der Waals surface area contributed by atoms with Gasteiger partial charge in [0.25, 0.3) is 0 Å². The van der Waals surface area contributed by atoms with E-state index in [1.165, 1.54) is 12.0 Å². The molecular weight excluding hydrogens is 230 g/mol. The van der Waals surface area contributed by atoms with Gasteiger partial charge in [-0.2, -0.15) is 11.3 Å². The van der Waals surface area contributed by atoms with E-state index in [-0.39, 0.29) is 0 Å². The van der Waals surface area contributed by atoms with Crippen molar-refractivity contribution in [1.29, 1.82) is 0 Å². The van der Waals surface area contributed by atoms with Gasteiger partial charge in [-0.15, -0.1) is 0 Å². The van der Waals surface area contributed by atoms with Crippen molar-refractivity contribution in [2.75, 3.05) is 13.1 Å². The maximum atomic E-state index is 12.1. The smallest absolute Gasteiger partial charge is 0.225 e. The van der Waals surface area contributed by atoms with E-state index in [9.17, 15) is 4.79 Å². The molecule has 0 unspecified atom stereocenters. The molecule has 1 amide bonds. The van der Waals surface area contributed by atoms with E-state index < -0.39 is 0 Å². The third kappa shape index (κ3) is 2.25. The van der Waals surface area contributed by atoms with Gasteiger partial charge in [-0.05, 0) is 54.0 Å². The topological polar surface area (TPSA) is 20.3 Å². The van der Waals surface area contributed by atoms with Crippen LogP contribution in [-0.2, 0) is 4.79 Å². The van der Waals surface area contributed by atoms with Gasteiger partial charge in [-0.1, -0.05) is 6.42 Å². The Morgan fingerprint density at radius 3 is 2.53 bits per heavy atom. The Hall–Kier alpha value is -0.830. The monoisotopic (exact) mass is 249 g/mol. The lowest BCUT2D eigenvalue weighted by Crippen LogP contribution is -2.43. The summed E-state index contributed by atoms with van der Waals surface area (Å²) in [6.45, 7) is 1.94. The summed E-state index contributed by atoms with van der Waals surface area (Å²) in [5.41, 5.74) is 1.48. The Balaban J connectivity index is 1.55. The number of carbonyl (C=O) groups is 1. The first kappa shape index (κ1) is 11.3. The van der Waals surface area contributed by atoms with Crippen molar-refractivity contribution in [2.45, 2.75) is 38.0 Å². The summed E-state index contributed by atoms with van der Waals surface area (Å²) in [5, 5.41) is 4.41. The van der Waals surface area contributed by atoms with E-state index in [0.29, 0.717) is 17.7 Å². The van der Waals surface area contributed by atoms with Crippen LogP contribution in [0.1, 0.15) is 43.6 Å². The molecule has 2 aliphatic rings. The minimum Gasteiger partial charge on any atom is -0.342 e. The molecule has 0 N–H and O–H groups in total. The van der Waals surface area contributed by atoms with Gasteiger partial charge >= 0.3 is 0 Å². The van der Waals surface area contributed by atoms with Crippen LogP contribution in [0.2, 0.25) is 0 Å². The zero-order valence-electron chi connectivity index (χ0n) is 10.1. The zero-order chi connectivity index (χ0) is 11.7. The zero-order valence-corrected chi connectivity index (χ0v) is 10.9. The van der Waals surface area contributed by atoms with Crippen molar-refractivity contribution in [2.24, 2.45) is 5.92 Å². The predicted molar refractivity (Wildman–Crippen MR) is 70.2 cm³/mol. The molecular formula is C14H19NOS. The van der Waals surface area contributed by atoms with E-state index in [1.54, 1.807) is 11.3 Å². The fourth-order valence-corrected chi connectivity index (χ4v) is 3.60. The number of nitrogens with zero attached hydrogens (tertiary/aromatic N) is 1. The van der Waals surface area contributed by atoms with Crippen molar-refractivity contribution < 1.29 is 4.79 Å². The average molecular weight is 249 g/mol. The van der Waals surface area contributed by atoms with Gasteiger partial charge in [0, 0.05) is 19.0 Å². The molecule has 0 radical (unpaired) electrons. The third-order valence-corrected chi connectivity index (χ3v) is 4.98. The van der Waals surface area contributed by atoms with Gasteiger partial charge in [0.05, 0.1) is 0 Å². The van der Waals surface area contributed by atoms with Gasteiger partial charge < -0.3 is 4.90 Å². The molecule has 1 aromatic rings. The fourth-order valence-electron chi connectivity index (χ4n) is 2.85.